The summed E-state index contributed by atoms with van der Waals surface area (Å²) < 4.78 is 60.4. The van der Waals surface area contributed by atoms with E-state index in [2.05, 4.69) is 14.4 Å². The quantitative estimate of drug-likeness (QED) is 0.577. The largest absolute Gasteiger partial charge is 0.495 e. The third-order valence-electron chi connectivity index (χ3n) is 4.22. The van der Waals surface area contributed by atoms with Crippen LogP contribution in [0.15, 0.2) is 57.2 Å². The number of aromatic carboxylic acids is 1. The van der Waals surface area contributed by atoms with Gasteiger partial charge in [-0.05, 0) is 42.8 Å². The number of methoxy groups -OCH3 is 1. The molecule has 0 radical (unpaired) electrons. The summed E-state index contributed by atoms with van der Waals surface area (Å²) in [7, 11) is -6.96. The molecular weight excluding hydrogens is 434 g/mol. The van der Waals surface area contributed by atoms with Crippen molar-refractivity contribution in [2.75, 3.05) is 18.4 Å². The van der Waals surface area contributed by atoms with Crippen LogP contribution in [0.5, 0.6) is 5.75 Å². The summed E-state index contributed by atoms with van der Waals surface area (Å²) in [5.41, 5.74) is -0.261. The zero-order valence-corrected chi connectivity index (χ0v) is 17.5. The van der Waals surface area contributed by atoms with Crippen LogP contribution >= 0.6 is 0 Å². The van der Waals surface area contributed by atoms with Gasteiger partial charge in [0, 0.05) is 13.0 Å². The Labute approximate surface area is 173 Å². The van der Waals surface area contributed by atoms with Crippen LogP contribution in [0.4, 0.5) is 5.69 Å². The van der Waals surface area contributed by atoms with E-state index in [1.54, 1.807) is 0 Å². The smallest absolute Gasteiger partial charge is 0.335 e. The van der Waals surface area contributed by atoms with Gasteiger partial charge in [-0.15, -0.1) is 0 Å². The average molecular weight is 453 g/mol. The summed E-state index contributed by atoms with van der Waals surface area (Å²) in [6.07, 6.45) is 1.28. The molecule has 12 heteroatoms. The predicted octanol–water partition coefficient (Wildman–Crippen LogP) is 1.66. The zero-order valence-electron chi connectivity index (χ0n) is 15.8. The van der Waals surface area contributed by atoms with Crippen molar-refractivity contribution in [3.05, 3.63) is 48.0 Å². The number of carboxylic acids is 1. The first-order valence-electron chi connectivity index (χ1n) is 8.73. The SMILES string of the molecule is COc1ccc(C(=O)O)cc1S(=O)(=O)Nc1cccc(S(=O)(=O)NC2=NCCC2)c1. The Morgan fingerprint density at radius 3 is 2.47 bits per heavy atom. The minimum absolute atomic E-state index is 0.0194. The van der Waals surface area contributed by atoms with E-state index >= 15 is 0 Å². The number of nitrogens with zero attached hydrogens (tertiary/aromatic N) is 1. The van der Waals surface area contributed by atoms with Crippen LogP contribution in [0.3, 0.4) is 0 Å². The van der Waals surface area contributed by atoms with Gasteiger partial charge >= 0.3 is 5.97 Å². The molecule has 0 amide bonds. The molecule has 3 rings (SSSR count). The Morgan fingerprint density at radius 2 is 1.83 bits per heavy atom. The molecule has 0 saturated heterocycles. The molecular formula is C18H19N3O7S2. The van der Waals surface area contributed by atoms with Crippen LogP contribution in [0.25, 0.3) is 0 Å². The number of hydrogen-bond donors (Lipinski definition) is 3. The highest BCUT2D eigenvalue weighted by atomic mass is 32.2. The molecule has 0 unspecified atom stereocenters. The Kier molecular flexibility index (Phi) is 5.99. The molecule has 160 valence electrons. The predicted molar refractivity (Wildman–Crippen MR) is 109 cm³/mol. The maximum absolute atomic E-state index is 12.8. The fourth-order valence-corrected chi connectivity index (χ4v) is 5.17. The van der Waals surface area contributed by atoms with Crippen molar-refractivity contribution < 1.29 is 31.5 Å². The molecule has 0 bridgehead atoms. The molecule has 30 heavy (non-hydrogen) atoms. The molecule has 0 atom stereocenters. The van der Waals surface area contributed by atoms with Crippen molar-refractivity contribution >= 4 is 37.5 Å². The van der Waals surface area contributed by atoms with Gasteiger partial charge in [-0.1, -0.05) is 6.07 Å². The molecule has 0 saturated carbocycles. The normalized spacial score (nSPS) is 14.1. The maximum Gasteiger partial charge on any atom is 0.335 e. The summed E-state index contributed by atoms with van der Waals surface area (Å²) in [6.45, 7) is 0.551. The molecule has 2 aromatic carbocycles. The van der Waals surface area contributed by atoms with Crippen LogP contribution in [0, 0.1) is 0 Å². The summed E-state index contributed by atoms with van der Waals surface area (Å²) in [5.74, 6) is -1.00. The van der Waals surface area contributed by atoms with Crippen molar-refractivity contribution in [1.82, 2.24) is 4.72 Å². The van der Waals surface area contributed by atoms with Crippen LogP contribution in [0.1, 0.15) is 23.2 Å². The Bertz CT molecular complexity index is 1220. The van der Waals surface area contributed by atoms with Crippen LogP contribution in [0.2, 0.25) is 0 Å². The number of anilines is 1. The average Bonchev–Trinajstić information content (AvgIpc) is 3.19. The summed E-state index contributed by atoms with van der Waals surface area (Å²) in [5, 5.41) is 9.13. The fourth-order valence-electron chi connectivity index (χ4n) is 2.79. The number of nitrogens with one attached hydrogen (secondary N) is 2. The van der Waals surface area contributed by atoms with Gasteiger partial charge in [-0.3, -0.25) is 14.4 Å². The maximum atomic E-state index is 12.8. The van der Waals surface area contributed by atoms with Crippen molar-refractivity contribution in [3.8, 4) is 5.75 Å². The second kappa shape index (κ2) is 8.32. The number of carboxylic acid groups (broad SMARTS) is 1. The lowest BCUT2D eigenvalue weighted by Gasteiger charge is -2.13. The number of carbonyl (C=O) groups is 1. The highest BCUT2D eigenvalue weighted by Gasteiger charge is 2.23. The Balaban J connectivity index is 1.92. The Morgan fingerprint density at radius 1 is 1.07 bits per heavy atom. The van der Waals surface area contributed by atoms with E-state index in [4.69, 9.17) is 9.84 Å². The number of ether oxygens (including phenoxy) is 1. The third kappa shape index (κ3) is 4.71. The van der Waals surface area contributed by atoms with Crippen LogP contribution < -0.4 is 14.2 Å². The van der Waals surface area contributed by atoms with E-state index in [-0.39, 0.29) is 21.9 Å². The van der Waals surface area contributed by atoms with Gasteiger partial charge in [0.2, 0.25) is 0 Å². The molecule has 2 aromatic rings. The number of aliphatic imine (C=N–C) groups is 1. The highest BCUT2D eigenvalue weighted by Crippen LogP contribution is 2.28. The van der Waals surface area contributed by atoms with Gasteiger partial charge in [0.15, 0.2) is 0 Å². The lowest BCUT2D eigenvalue weighted by molar-refractivity contribution is 0.0696. The molecule has 1 heterocycles. The minimum atomic E-state index is -4.27. The molecule has 1 aliphatic rings. The van der Waals surface area contributed by atoms with E-state index < -0.39 is 30.9 Å². The molecule has 10 nitrogen and oxygen atoms in total. The van der Waals surface area contributed by atoms with E-state index in [1.165, 1.54) is 37.4 Å². The van der Waals surface area contributed by atoms with Crippen molar-refractivity contribution in [1.29, 1.82) is 0 Å². The number of hydrogen-bond acceptors (Lipinski definition) is 7. The van der Waals surface area contributed by atoms with Gasteiger partial charge in [-0.25, -0.2) is 21.6 Å². The van der Waals surface area contributed by atoms with Crippen LogP contribution in [-0.2, 0) is 20.0 Å². The van der Waals surface area contributed by atoms with Crippen molar-refractivity contribution in [3.63, 3.8) is 0 Å². The van der Waals surface area contributed by atoms with E-state index in [0.29, 0.717) is 18.8 Å². The van der Waals surface area contributed by atoms with Gasteiger partial charge in [0.25, 0.3) is 20.0 Å². The number of amidine groups is 1. The number of sulfonamides is 2. The Hall–Kier alpha value is -3.12. The minimum Gasteiger partial charge on any atom is -0.495 e. The fraction of sp³-hybridized carbons (Fsp3) is 0.222. The van der Waals surface area contributed by atoms with E-state index in [9.17, 15) is 21.6 Å². The molecule has 0 aromatic heterocycles. The molecule has 1 aliphatic heterocycles. The van der Waals surface area contributed by atoms with Gasteiger partial charge in [0.05, 0.1) is 23.3 Å². The molecule has 0 fully saturated rings. The lowest BCUT2D eigenvalue weighted by Crippen LogP contribution is -2.29. The third-order valence-corrected chi connectivity index (χ3v) is 7.00. The van der Waals surface area contributed by atoms with Gasteiger partial charge in [-0.2, -0.15) is 0 Å². The lowest BCUT2D eigenvalue weighted by atomic mass is 10.2. The zero-order chi connectivity index (χ0) is 21.9. The molecule has 0 spiro atoms. The second-order valence-corrected chi connectivity index (χ2v) is 9.67. The monoisotopic (exact) mass is 453 g/mol. The van der Waals surface area contributed by atoms with Crippen LogP contribution in [-0.4, -0.2) is 47.4 Å². The molecule has 0 aliphatic carbocycles. The second-order valence-electron chi connectivity index (χ2n) is 6.34. The first kappa shape index (κ1) is 21.6. The van der Waals surface area contributed by atoms with E-state index in [0.717, 1.165) is 18.6 Å². The van der Waals surface area contributed by atoms with Crippen molar-refractivity contribution in [2.45, 2.75) is 22.6 Å². The number of rotatable bonds is 7. The standard InChI is InChI=1S/C18H19N3O7S2/c1-28-15-8-7-12(18(22)23)10-16(15)30(26,27)20-13-4-2-5-14(11-13)29(24,25)21-17-6-3-9-19-17/h2,4-5,7-8,10-11,20H,3,6,9H2,1H3,(H,19,21)(H,22,23). The van der Waals surface area contributed by atoms with Gasteiger partial charge < -0.3 is 9.84 Å². The first-order valence-corrected chi connectivity index (χ1v) is 11.7. The van der Waals surface area contributed by atoms with E-state index in [1.807, 2.05) is 0 Å². The summed E-state index contributed by atoms with van der Waals surface area (Å²) in [6, 6.07) is 8.63. The number of benzene rings is 2. The topological polar surface area (TPSA) is 151 Å². The van der Waals surface area contributed by atoms with Gasteiger partial charge in [0.1, 0.15) is 16.5 Å². The van der Waals surface area contributed by atoms with Crippen molar-refractivity contribution in [2.24, 2.45) is 4.99 Å². The summed E-state index contributed by atoms with van der Waals surface area (Å²) >= 11 is 0. The first-order chi connectivity index (χ1) is 14.1. The summed E-state index contributed by atoms with van der Waals surface area (Å²) in [4.78, 5) is 14.7. The highest BCUT2D eigenvalue weighted by molar-refractivity contribution is 7.93. The molecule has 3 N–H and O–H groups in total.